The van der Waals surface area contributed by atoms with Gasteiger partial charge in [-0.3, -0.25) is 4.79 Å². The first-order valence-corrected chi connectivity index (χ1v) is 7.13. The van der Waals surface area contributed by atoms with Gasteiger partial charge in [0.25, 0.3) is 0 Å². The molecule has 18 heavy (non-hydrogen) atoms. The summed E-state index contributed by atoms with van der Waals surface area (Å²) in [5.41, 5.74) is 5.86. The van der Waals surface area contributed by atoms with Crippen LogP contribution in [0.25, 0.3) is 0 Å². The molecule has 2 fully saturated rings. The molecule has 1 amide bonds. The number of nitrogens with two attached hydrogens (primary N) is 1. The average Bonchev–Trinajstić information content (AvgIpc) is 2.62. The van der Waals surface area contributed by atoms with Crippen molar-refractivity contribution in [3.63, 3.8) is 0 Å². The van der Waals surface area contributed by atoms with Gasteiger partial charge in [-0.05, 0) is 39.0 Å². The SMILES string of the molecule is CC1C(N)CCCC1C(=O)NC1(C)CCOC1C. The normalized spacial score (nSPS) is 44.9. The zero-order valence-corrected chi connectivity index (χ0v) is 11.7. The Kier molecular flexibility index (Phi) is 3.97. The summed E-state index contributed by atoms with van der Waals surface area (Å²) in [4.78, 5) is 12.4. The fraction of sp³-hybridized carbons (Fsp3) is 0.929. The Morgan fingerprint density at radius 2 is 2.11 bits per heavy atom. The van der Waals surface area contributed by atoms with E-state index in [1.165, 1.54) is 0 Å². The highest BCUT2D eigenvalue weighted by atomic mass is 16.5. The van der Waals surface area contributed by atoms with Gasteiger partial charge in [-0.1, -0.05) is 13.3 Å². The van der Waals surface area contributed by atoms with Crippen LogP contribution < -0.4 is 11.1 Å². The molecule has 1 heterocycles. The third kappa shape index (κ3) is 2.54. The van der Waals surface area contributed by atoms with Crippen LogP contribution in [0.4, 0.5) is 0 Å². The predicted molar refractivity (Wildman–Crippen MR) is 71.1 cm³/mol. The Labute approximate surface area is 110 Å². The summed E-state index contributed by atoms with van der Waals surface area (Å²) < 4.78 is 5.57. The molecule has 4 nitrogen and oxygen atoms in total. The van der Waals surface area contributed by atoms with Crippen molar-refractivity contribution in [3.05, 3.63) is 0 Å². The number of carbonyl (C=O) groups excluding carboxylic acids is 1. The molecule has 1 saturated heterocycles. The molecule has 5 atom stereocenters. The third-order valence-electron chi connectivity index (χ3n) is 4.99. The van der Waals surface area contributed by atoms with Crippen LogP contribution in [-0.2, 0) is 9.53 Å². The standard InChI is InChI=1S/C14H26N2O2/c1-9-11(5-4-6-12(9)15)13(17)16-14(3)7-8-18-10(14)2/h9-12H,4-8,15H2,1-3H3,(H,16,17). The van der Waals surface area contributed by atoms with Crippen LogP contribution in [0.1, 0.15) is 46.5 Å². The molecule has 0 aromatic rings. The first-order chi connectivity index (χ1) is 8.44. The second-order valence-corrected chi connectivity index (χ2v) is 6.23. The topological polar surface area (TPSA) is 64.4 Å². The van der Waals surface area contributed by atoms with E-state index in [1.54, 1.807) is 0 Å². The molecule has 5 unspecified atom stereocenters. The maximum Gasteiger partial charge on any atom is 0.223 e. The molecule has 104 valence electrons. The van der Waals surface area contributed by atoms with E-state index in [9.17, 15) is 4.79 Å². The van der Waals surface area contributed by atoms with E-state index < -0.39 is 0 Å². The Morgan fingerprint density at radius 1 is 1.39 bits per heavy atom. The lowest BCUT2D eigenvalue weighted by Gasteiger charge is -2.36. The molecule has 0 aromatic carbocycles. The quantitative estimate of drug-likeness (QED) is 0.783. The second kappa shape index (κ2) is 5.17. The summed E-state index contributed by atoms with van der Waals surface area (Å²) in [6, 6.07) is 0.166. The van der Waals surface area contributed by atoms with E-state index in [0.29, 0.717) is 0 Å². The van der Waals surface area contributed by atoms with Crippen molar-refractivity contribution in [2.24, 2.45) is 17.6 Å². The van der Waals surface area contributed by atoms with E-state index >= 15 is 0 Å². The van der Waals surface area contributed by atoms with Crippen LogP contribution >= 0.6 is 0 Å². The highest BCUT2D eigenvalue weighted by Gasteiger charge is 2.41. The van der Waals surface area contributed by atoms with E-state index in [4.69, 9.17) is 10.5 Å². The molecular weight excluding hydrogens is 228 g/mol. The minimum absolute atomic E-state index is 0.0679. The summed E-state index contributed by atoms with van der Waals surface area (Å²) in [6.45, 7) is 6.95. The predicted octanol–water partition coefficient (Wildman–Crippen LogP) is 1.43. The molecule has 2 aliphatic rings. The monoisotopic (exact) mass is 254 g/mol. The van der Waals surface area contributed by atoms with Gasteiger partial charge in [-0.15, -0.1) is 0 Å². The van der Waals surface area contributed by atoms with Gasteiger partial charge in [0.05, 0.1) is 11.6 Å². The van der Waals surface area contributed by atoms with Crippen LogP contribution in [-0.4, -0.2) is 30.2 Å². The van der Waals surface area contributed by atoms with Gasteiger partial charge in [0.2, 0.25) is 5.91 Å². The van der Waals surface area contributed by atoms with E-state index in [2.05, 4.69) is 19.2 Å². The fourth-order valence-electron chi connectivity index (χ4n) is 3.14. The number of ether oxygens (including phenoxy) is 1. The van der Waals surface area contributed by atoms with Crippen LogP contribution in [0.15, 0.2) is 0 Å². The van der Waals surface area contributed by atoms with Gasteiger partial charge in [-0.25, -0.2) is 0 Å². The molecule has 0 spiro atoms. The average molecular weight is 254 g/mol. The van der Waals surface area contributed by atoms with Crippen molar-refractivity contribution in [3.8, 4) is 0 Å². The van der Waals surface area contributed by atoms with Crippen molar-refractivity contribution in [1.29, 1.82) is 0 Å². The van der Waals surface area contributed by atoms with Gasteiger partial charge >= 0.3 is 0 Å². The van der Waals surface area contributed by atoms with Crippen molar-refractivity contribution >= 4 is 5.91 Å². The first kappa shape index (κ1) is 13.8. The maximum absolute atomic E-state index is 12.4. The van der Waals surface area contributed by atoms with E-state index in [1.807, 2.05) is 6.92 Å². The lowest BCUT2D eigenvalue weighted by Crippen LogP contribution is -2.54. The lowest BCUT2D eigenvalue weighted by atomic mass is 9.76. The molecule has 3 N–H and O–H groups in total. The summed E-state index contributed by atoms with van der Waals surface area (Å²) >= 11 is 0. The third-order valence-corrected chi connectivity index (χ3v) is 4.99. The van der Waals surface area contributed by atoms with Crippen molar-refractivity contribution in [2.45, 2.75) is 64.1 Å². The van der Waals surface area contributed by atoms with E-state index in [0.717, 1.165) is 32.3 Å². The van der Waals surface area contributed by atoms with E-state index in [-0.39, 0.29) is 35.4 Å². The number of hydrogen-bond acceptors (Lipinski definition) is 3. The highest BCUT2D eigenvalue weighted by molar-refractivity contribution is 5.80. The number of hydrogen-bond donors (Lipinski definition) is 2. The largest absolute Gasteiger partial charge is 0.376 e. The zero-order chi connectivity index (χ0) is 13.3. The Bertz CT molecular complexity index is 321. The minimum Gasteiger partial charge on any atom is -0.376 e. The van der Waals surface area contributed by atoms with Crippen molar-refractivity contribution in [1.82, 2.24) is 5.32 Å². The second-order valence-electron chi connectivity index (χ2n) is 6.23. The number of amides is 1. The molecule has 0 bridgehead atoms. The molecule has 0 aromatic heterocycles. The number of carbonyl (C=O) groups is 1. The van der Waals surface area contributed by atoms with Crippen LogP contribution in [0.3, 0.4) is 0 Å². The van der Waals surface area contributed by atoms with Gasteiger partial charge in [-0.2, -0.15) is 0 Å². The summed E-state index contributed by atoms with van der Waals surface area (Å²) in [7, 11) is 0. The van der Waals surface area contributed by atoms with Crippen LogP contribution in [0, 0.1) is 11.8 Å². The van der Waals surface area contributed by atoms with Gasteiger partial charge in [0.15, 0.2) is 0 Å². The molecule has 1 aliphatic carbocycles. The molecule has 2 rings (SSSR count). The van der Waals surface area contributed by atoms with Crippen LogP contribution in [0.2, 0.25) is 0 Å². The van der Waals surface area contributed by atoms with Gasteiger partial charge in [0.1, 0.15) is 0 Å². The summed E-state index contributed by atoms with van der Waals surface area (Å²) in [5, 5.41) is 3.21. The van der Waals surface area contributed by atoms with Crippen molar-refractivity contribution in [2.75, 3.05) is 6.61 Å². The molecular formula is C14H26N2O2. The minimum atomic E-state index is -0.210. The molecule has 1 aliphatic heterocycles. The zero-order valence-electron chi connectivity index (χ0n) is 11.7. The summed E-state index contributed by atoms with van der Waals surface area (Å²) in [6.07, 6.45) is 4.06. The van der Waals surface area contributed by atoms with Gasteiger partial charge < -0.3 is 15.8 Å². The lowest BCUT2D eigenvalue weighted by molar-refractivity contribution is -0.130. The van der Waals surface area contributed by atoms with Crippen LogP contribution in [0.5, 0.6) is 0 Å². The Morgan fingerprint density at radius 3 is 2.72 bits per heavy atom. The smallest absolute Gasteiger partial charge is 0.223 e. The number of nitrogens with one attached hydrogen (secondary N) is 1. The van der Waals surface area contributed by atoms with Crippen molar-refractivity contribution < 1.29 is 9.53 Å². The summed E-state index contributed by atoms with van der Waals surface area (Å²) in [5.74, 6) is 0.510. The Balaban J connectivity index is 1.99. The van der Waals surface area contributed by atoms with Gasteiger partial charge in [0, 0.05) is 18.6 Å². The Hall–Kier alpha value is -0.610. The fourth-order valence-corrected chi connectivity index (χ4v) is 3.14. The molecule has 1 saturated carbocycles. The molecule has 4 heteroatoms. The molecule has 0 radical (unpaired) electrons. The number of rotatable bonds is 2. The first-order valence-electron chi connectivity index (χ1n) is 7.13. The highest BCUT2D eigenvalue weighted by Crippen LogP contribution is 2.31. The maximum atomic E-state index is 12.4.